The van der Waals surface area contributed by atoms with Gasteiger partial charge in [0.25, 0.3) is 10.1 Å². The zero-order chi connectivity index (χ0) is 20.4. The van der Waals surface area contributed by atoms with Crippen molar-refractivity contribution in [2.45, 2.75) is 76.3 Å². The van der Waals surface area contributed by atoms with E-state index in [-0.39, 0.29) is 18.1 Å². The summed E-state index contributed by atoms with van der Waals surface area (Å²) in [5.41, 5.74) is -0.634. The fraction of sp³-hybridized carbons (Fsp3) is 0.882. The minimum absolute atomic E-state index is 0.171. The summed E-state index contributed by atoms with van der Waals surface area (Å²) in [6.07, 6.45) is 1.62. The minimum atomic E-state index is -3.54. The van der Waals surface area contributed by atoms with Crippen LogP contribution >= 0.6 is 0 Å². The topological polar surface area (TPSA) is 111 Å². The molecular formula is C17H30N2O7S. The van der Waals surface area contributed by atoms with Gasteiger partial charge in [-0.2, -0.15) is 8.42 Å². The summed E-state index contributed by atoms with van der Waals surface area (Å²) in [7, 11) is -2.00. The van der Waals surface area contributed by atoms with Crippen LogP contribution in [-0.2, 0) is 28.6 Å². The van der Waals surface area contributed by atoms with Crippen LogP contribution in [0.1, 0.15) is 46.5 Å². The molecule has 1 heterocycles. The molecule has 0 radical (unpaired) electrons. The molecule has 1 aliphatic carbocycles. The first-order chi connectivity index (χ1) is 12.4. The van der Waals surface area contributed by atoms with Gasteiger partial charge in [-0.05, 0) is 40.0 Å². The highest BCUT2D eigenvalue weighted by molar-refractivity contribution is 7.86. The third kappa shape index (κ3) is 6.32. The van der Waals surface area contributed by atoms with E-state index in [1.165, 1.54) is 7.11 Å². The normalized spacial score (nSPS) is 29.7. The summed E-state index contributed by atoms with van der Waals surface area (Å²) in [5.74, 6) is -0.171. The number of hydrogen-bond donors (Lipinski definition) is 1. The number of hydrogen-bond acceptors (Lipinski definition) is 7. The minimum Gasteiger partial charge on any atom is -0.444 e. The molecule has 1 saturated heterocycles. The molecule has 9 nitrogen and oxygen atoms in total. The molecule has 0 aromatic carbocycles. The molecule has 0 bridgehead atoms. The summed E-state index contributed by atoms with van der Waals surface area (Å²) in [5, 5.41) is 2.63. The van der Waals surface area contributed by atoms with E-state index in [1.54, 1.807) is 25.7 Å². The van der Waals surface area contributed by atoms with Crippen LogP contribution in [0.15, 0.2) is 0 Å². The van der Waals surface area contributed by atoms with Gasteiger partial charge in [-0.3, -0.25) is 8.98 Å². The summed E-state index contributed by atoms with van der Waals surface area (Å²) in [6, 6.07) is -0.797. The monoisotopic (exact) mass is 406 g/mol. The first kappa shape index (κ1) is 21.9. The van der Waals surface area contributed by atoms with E-state index in [9.17, 15) is 18.0 Å². The number of ether oxygens (including phenoxy) is 2. The van der Waals surface area contributed by atoms with Crippen LogP contribution in [0, 0.1) is 0 Å². The Hall–Kier alpha value is -1.39. The second kappa shape index (κ2) is 8.32. The zero-order valence-corrected chi connectivity index (χ0v) is 17.4. The van der Waals surface area contributed by atoms with Gasteiger partial charge in [0.2, 0.25) is 5.91 Å². The molecule has 0 aromatic heterocycles. The Morgan fingerprint density at radius 1 is 1.22 bits per heavy atom. The molecule has 4 atom stereocenters. The molecule has 2 aliphatic rings. The molecule has 1 saturated carbocycles. The lowest BCUT2D eigenvalue weighted by molar-refractivity contribution is -0.136. The Balaban J connectivity index is 1.96. The Labute approximate surface area is 160 Å². The van der Waals surface area contributed by atoms with Gasteiger partial charge < -0.3 is 19.7 Å². The molecule has 0 aromatic rings. The summed E-state index contributed by atoms with van der Waals surface area (Å²) >= 11 is 0. The van der Waals surface area contributed by atoms with E-state index >= 15 is 0 Å². The average molecular weight is 407 g/mol. The molecule has 2 amide bonds. The van der Waals surface area contributed by atoms with Crippen LogP contribution in [-0.4, -0.2) is 75.1 Å². The number of nitrogens with zero attached hydrogens (tertiary/aromatic N) is 1. The number of likely N-dealkylation sites (tertiary alicyclic amines) is 1. The maximum atomic E-state index is 12.8. The predicted octanol–water partition coefficient (Wildman–Crippen LogP) is 1.02. The van der Waals surface area contributed by atoms with Gasteiger partial charge in [0.05, 0.1) is 24.5 Å². The first-order valence-electron chi connectivity index (χ1n) is 9.10. The smallest absolute Gasteiger partial charge is 0.408 e. The van der Waals surface area contributed by atoms with Gasteiger partial charge in [0, 0.05) is 20.1 Å². The molecule has 10 heteroatoms. The van der Waals surface area contributed by atoms with E-state index in [0.29, 0.717) is 32.2 Å². The molecule has 1 aliphatic heterocycles. The molecule has 1 N–H and O–H groups in total. The third-order valence-corrected chi connectivity index (χ3v) is 5.28. The van der Waals surface area contributed by atoms with Gasteiger partial charge in [0.1, 0.15) is 11.6 Å². The molecule has 2 rings (SSSR count). The van der Waals surface area contributed by atoms with E-state index in [1.807, 2.05) is 0 Å². The SMILES string of the molecule is CO[C@@H]1C[C@@H](OS(C)(=O)=O)CC[C@@H]1N1CC[C@H](NC(=O)OC(C)(C)C)C1=O. The van der Waals surface area contributed by atoms with Crippen molar-refractivity contribution in [3.8, 4) is 0 Å². The van der Waals surface area contributed by atoms with Crippen molar-refractivity contribution in [3.63, 3.8) is 0 Å². The third-order valence-electron chi connectivity index (χ3n) is 4.65. The Morgan fingerprint density at radius 2 is 1.89 bits per heavy atom. The van der Waals surface area contributed by atoms with Gasteiger partial charge >= 0.3 is 6.09 Å². The van der Waals surface area contributed by atoms with Crippen LogP contribution < -0.4 is 5.32 Å². The van der Waals surface area contributed by atoms with Gasteiger partial charge in [0.15, 0.2) is 0 Å². The predicted molar refractivity (Wildman–Crippen MR) is 97.6 cm³/mol. The van der Waals surface area contributed by atoms with E-state index < -0.39 is 34.0 Å². The number of carbonyl (C=O) groups is 2. The number of rotatable bonds is 5. The van der Waals surface area contributed by atoms with Crippen molar-refractivity contribution in [3.05, 3.63) is 0 Å². The fourth-order valence-corrected chi connectivity index (χ4v) is 4.31. The van der Waals surface area contributed by atoms with Crippen LogP contribution in [0.5, 0.6) is 0 Å². The van der Waals surface area contributed by atoms with Crippen LogP contribution in [0.3, 0.4) is 0 Å². The molecule has 156 valence electrons. The maximum Gasteiger partial charge on any atom is 0.408 e. The number of carbonyl (C=O) groups excluding carboxylic acids is 2. The number of nitrogens with one attached hydrogen (secondary N) is 1. The molecule has 0 spiro atoms. The highest BCUT2D eigenvalue weighted by Crippen LogP contribution is 2.31. The van der Waals surface area contributed by atoms with E-state index in [2.05, 4.69) is 5.32 Å². The average Bonchev–Trinajstić information content (AvgIpc) is 2.84. The van der Waals surface area contributed by atoms with Crippen molar-refractivity contribution in [2.24, 2.45) is 0 Å². The lowest BCUT2D eigenvalue weighted by Gasteiger charge is -2.39. The number of alkyl carbamates (subject to hydrolysis) is 1. The Kier molecular flexibility index (Phi) is 6.75. The maximum absolute atomic E-state index is 12.8. The molecular weight excluding hydrogens is 376 g/mol. The van der Waals surface area contributed by atoms with Gasteiger partial charge in [-0.25, -0.2) is 4.79 Å². The fourth-order valence-electron chi connectivity index (χ4n) is 3.64. The summed E-state index contributed by atoms with van der Waals surface area (Å²) < 4.78 is 38.5. The lowest BCUT2D eigenvalue weighted by Crippen LogP contribution is -2.52. The second-order valence-corrected chi connectivity index (χ2v) is 9.70. The second-order valence-electron chi connectivity index (χ2n) is 8.10. The highest BCUT2D eigenvalue weighted by atomic mass is 32.2. The van der Waals surface area contributed by atoms with Gasteiger partial charge in [-0.15, -0.1) is 0 Å². The highest BCUT2D eigenvalue weighted by Gasteiger charge is 2.43. The van der Waals surface area contributed by atoms with Crippen molar-refractivity contribution in [2.75, 3.05) is 19.9 Å². The Morgan fingerprint density at radius 3 is 2.44 bits per heavy atom. The zero-order valence-electron chi connectivity index (χ0n) is 16.6. The lowest BCUT2D eigenvalue weighted by atomic mass is 9.89. The Bertz CT molecular complexity index is 659. The van der Waals surface area contributed by atoms with Crippen LogP contribution in [0.2, 0.25) is 0 Å². The van der Waals surface area contributed by atoms with E-state index in [0.717, 1.165) is 6.26 Å². The quantitative estimate of drug-likeness (QED) is 0.679. The molecule has 0 unspecified atom stereocenters. The van der Waals surface area contributed by atoms with E-state index in [4.69, 9.17) is 13.7 Å². The first-order valence-corrected chi connectivity index (χ1v) is 10.9. The molecule has 27 heavy (non-hydrogen) atoms. The van der Waals surface area contributed by atoms with Crippen molar-refractivity contribution in [1.82, 2.24) is 10.2 Å². The largest absolute Gasteiger partial charge is 0.444 e. The summed E-state index contributed by atoms with van der Waals surface area (Å²) in [4.78, 5) is 26.4. The molecule has 2 fully saturated rings. The standard InChI is InChI=1S/C17H30N2O7S/c1-17(2,3)25-16(21)18-12-8-9-19(15(12)20)13-7-6-11(10-14(13)24-4)26-27(5,22)23/h11-14H,6-10H2,1-5H3,(H,18,21)/t11-,12-,13-,14+/m0/s1. The van der Waals surface area contributed by atoms with Crippen molar-refractivity contribution in [1.29, 1.82) is 0 Å². The van der Waals surface area contributed by atoms with Crippen LogP contribution in [0.25, 0.3) is 0 Å². The van der Waals surface area contributed by atoms with Crippen molar-refractivity contribution < 1.29 is 31.7 Å². The van der Waals surface area contributed by atoms with Gasteiger partial charge in [-0.1, -0.05) is 0 Å². The summed E-state index contributed by atoms with van der Waals surface area (Å²) in [6.45, 7) is 5.78. The number of methoxy groups -OCH3 is 1. The van der Waals surface area contributed by atoms with Crippen molar-refractivity contribution >= 4 is 22.1 Å². The van der Waals surface area contributed by atoms with Crippen LogP contribution in [0.4, 0.5) is 4.79 Å². The number of amides is 2.